The van der Waals surface area contributed by atoms with Gasteiger partial charge >= 0.3 is 6.03 Å². The van der Waals surface area contributed by atoms with Crippen LogP contribution in [0.15, 0.2) is 24.3 Å². The standard InChI is InChI=1S/C10H11ClN2O2/c11-7-1-3-8(4-2-7)15-9-5-12-10(14)13-6-9/h1-4,9H,5-6H2,(H2,12,13,14). The number of ether oxygens (including phenoxy) is 1. The van der Waals surface area contributed by atoms with Crippen molar-refractivity contribution in [2.45, 2.75) is 6.10 Å². The monoisotopic (exact) mass is 226 g/mol. The molecule has 15 heavy (non-hydrogen) atoms. The molecule has 0 aliphatic carbocycles. The van der Waals surface area contributed by atoms with E-state index in [9.17, 15) is 4.79 Å². The van der Waals surface area contributed by atoms with Crippen molar-refractivity contribution >= 4 is 17.6 Å². The van der Waals surface area contributed by atoms with Crippen LogP contribution in [0.3, 0.4) is 0 Å². The van der Waals surface area contributed by atoms with E-state index in [1.807, 2.05) is 0 Å². The summed E-state index contributed by atoms with van der Waals surface area (Å²) in [6.45, 7) is 1.04. The Hall–Kier alpha value is -1.42. The minimum Gasteiger partial charge on any atom is -0.487 e. The van der Waals surface area contributed by atoms with Gasteiger partial charge in [-0.2, -0.15) is 0 Å². The zero-order chi connectivity index (χ0) is 10.7. The number of amides is 2. The second-order valence-electron chi connectivity index (χ2n) is 3.28. The molecule has 2 rings (SSSR count). The summed E-state index contributed by atoms with van der Waals surface area (Å²) in [6.07, 6.45) is -0.0381. The number of carbonyl (C=O) groups is 1. The lowest BCUT2D eigenvalue weighted by atomic mass is 10.3. The largest absolute Gasteiger partial charge is 0.487 e. The molecule has 2 N–H and O–H groups in total. The smallest absolute Gasteiger partial charge is 0.315 e. The van der Waals surface area contributed by atoms with Crippen molar-refractivity contribution in [3.05, 3.63) is 29.3 Å². The van der Waals surface area contributed by atoms with Crippen LogP contribution in [0.2, 0.25) is 5.02 Å². The quantitative estimate of drug-likeness (QED) is 0.801. The number of hydrogen-bond donors (Lipinski definition) is 2. The molecule has 0 saturated carbocycles. The molecular weight excluding hydrogens is 216 g/mol. The zero-order valence-electron chi connectivity index (χ0n) is 8.00. The Morgan fingerprint density at radius 3 is 2.40 bits per heavy atom. The Bertz CT molecular complexity index is 343. The van der Waals surface area contributed by atoms with Crippen LogP contribution in [0.4, 0.5) is 4.79 Å². The van der Waals surface area contributed by atoms with Gasteiger partial charge in [-0.05, 0) is 24.3 Å². The molecule has 2 amide bonds. The van der Waals surface area contributed by atoms with Crippen LogP contribution in [-0.4, -0.2) is 25.2 Å². The molecule has 0 atom stereocenters. The summed E-state index contributed by atoms with van der Waals surface area (Å²) in [6, 6.07) is 7.00. The van der Waals surface area contributed by atoms with Crippen LogP contribution in [-0.2, 0) is 0 Å². The maximum absolute atomic E-state index is 10.8. The third-order valence-corrected chi connectivity index (χ3v) is 2.35. The molecular formula is C10H11ClN2O2. The highest BCUT2D eigenvalue weighted by Gasteiger charge is 2.18. The first-order valence-corrected chi connectivity index (χ1v) is 5.06. The number of rotatable bonds is 2. The fourth-order valence-corrected chi connectivity index (χ4v) is 1.46. The Kier molecular flexibility index (Phi) is 2.97. The summed E-state index contributed by atoms with van der Waals surface area (Å²) < 4.78 is 5.62. The predicted octanol–water partition coefficient (Wildman–Crippen LogP) is 1.40. The van der Waals surface area contributed by atoms with E-state index in [1.54, 1.807) is 24.3 Å². The number of hydrogen-bond acceptors (Lipinski definition) is 2. The first kappa shape index (κ1) is 10.1. The Morgan fingerprint density at radius 1 is 1.20 bits per heavy atom. The highest BCUT2D eigenvalue weighted by Crippen LogP contribution is 2.16. The first-order chi connectivity index (χ1) is 7.24. The summed E-state index contributed by atoms with van der Waals surface area (Å²) >= 11 is 5.75. The topological polar surface area (TPSA) is 50.4 Å². The summed E-state index contributed by atoms with van der Waals surface area (Å²) in [5.74, 6) is 0.752. The predicted molar refractivity (Wildman–Crippen MR) is 57.3 cm³/mol. The minimum atomic E-state index is -0.147. The lowest BCUT2D eigenvalue weighted by Crippen LogP contribution is -2.52. The molecule has 1 fully saturated rings. The van der Waals surface area contributed by atoms with Gasteiger partial charge < -0.3 is 15.4 Å². The van der Waals surface area contributed by atoms with Crippen LogP contribution in [0.1, 0.15) is 0 Å². The van der Waals surface area contributed by atoms with Gasteiger partial charge in [0.15, 0.2) is 0 Å². The van der Waals surface area contributed by atoms with E-state index in [2.05, 4.69) is 10.6 Å². The van der Waals surface area contributed by atoms with E-state index in [-0.39, 0.29) is 12.1 Å². The molecule has 0 unspecified atom stereocenters. The van der Waals surface area contributed by atoms with Crippen molar-refractivity contribution in [3.8, 4) is 5.75 Å². The molecule has 0 aromatic heterocycles. The van der Waals surface area contributed by atoms with Crippen molar-refractivity contribution < 1.29 is 9.53 Å². The van der Waals surface area contributed by atoms with Crippen molar-refractivity contribution in [2.75, 3.05) is 13.1 Å². The van der Waals surface area contributed by atoms with Crippen molar-refractivity contribution in [1.82, 2.24) is 10.6 Å². The number of benzene rings is 1. The molecule has 1 aromatic carbocycles. The Morgan fingerprint density at radius 2 is 1.80 bits per heavy atom. The molecule has 4 nitrogen and oxygen atoms in total. The number of urea groups is 1. The van der Waals surface area contributed by atoms with Crippen molar-refractivity contribution in [3.63, 3.8) is 0 Å². The Labute approximate surface area is 92.6 Å². The van der Waals surface area contributed by atoms with E-state index < -0.39 is 0 Å². The van der Waals surface area contributed by atoms with Crippen molar-refractivity contribution in [1.29, 1.82) is 0 Å². The molecule has 0 spiro atoms. The van der Waals surface area contributed by atoms with Crippen LogP contribution >= 0.6 is 11.6 Å². The summed E-state index contributed by atoms with van der Waals surface area (Å²) in [5, 5.41) is 6.00. The lowest BCUT2D eigenvalue weighted by molar-refractivity contribution is 0.171. The van der Waals surface area contributed by atoms with Gasteiger partial charge in [0.2, 0.25) is 0 Å². The van der Waals surface area contributed by atoms with Crippen LogP contribution in [0.25, 0.3) is 0 Å². The average molecular weight is 227 g/mol. The third kappa shape index (κ3) is 2.76. The molecule has 1 aromatic rings. The van der Waals surface area contributed by atoms with Gasteiger partial charge in [-0.15, -0.1) is 0 Å². The number of halogens is 1. The average Bonchev–Trinajstić information content (AvgIpc) is 2.25. The van der Waals surface area contributed by atoms with Gasteiger partial charge in [0.25, 0.3) is 0 Å². The second-order valence-corrected chi connectivity index (χ2v) is 3.72. The van der Waals surface area contributed by atoms with Gasteiger partial charge in [-0.1, -0.05) is 11.6 Å². The molecule has 1 heterocycles. The van der Waals surface area contributed by atoms with Crippen LogP contribution in [0, 0.1) is 0 Å². The van der Waals surface area contributed by atoms with Gasteiger partial charge in [0, 0.05) is 5.02 Å². The first-order valence-electron chi connectivity index (χ1n) is 4.68. The third-order valence-electron chi connectivity index (χ3n) is 2.10. The van der Waals surface area contributed by atoms with E-state index in [1.165, 1.54) is 0 Å². The molecule has 1 aliphatic heterocycles. The van der Waals surface area contributed by atoms with E-state index in [0.717, 1.165) is 5.75 Å². The fraction of sp³-hybridized carbons (Fsp3) is 0.300. The van der Waals surface area contributed by atoms with E-state index in [4.69, 9.17) is 16.3 Å². The zero-order valence-corrected chi connectivity index (χ0v) is 8.75. The summed E-state index contributed by atoms with van der Waals surface area (Å²) in [7, 11) is 0. The lowest BCUT2D eigenvalue weighted by Gasteiger charge is -2.24. The van der Waals surface area contributed by atoms with Gasteiger partial charge in [-0.3, -0.25) is 0 Å². The summed E-state index contributed by atoms with van der Waals surface area (Å²) in [5.41, 5.74) is 0. The highest BCUT2D eigenvalue weighted by molar-refractivity contribution is 6.30. The molecule has 5 heteroatoms. The maximum atomic E-state index is 10.8. The SMILES string of the molecule is O=C1NCC(Oc2ccc(Cl)cc2)CN1. The molecule has 1 aliphatic rings. The second kappa shape index (κ2) is 4.40. The van der Waals surface area contributed by atoms with Crippen molar-refractivity contribution in [2.24, 2.45) is 0 Å². The molecule has 0 bridgehead atoms. The highest BCUT2D eigenvalue weighted by atomic mass is 35.5. The van der Waals surface area contributed by atoms with E-state index >= 15 is 0 Å². The molecule has 1 saturated heterocycles. The minimum absolute atomic E-state index is 0.0381. The van der Waals surface area contributed by atoms with E-state index in [0.29, 0.717) is 18.1 Å². The number of carbonyl (C=O) groups excluding carboxylic acids is 1. The molecule has 80 valence electrons. The van der Waals surface area contributed by atoms with Gasteiger partial charge in [0.1, 0.15) is 11.9 Å². The summed E-state index contributed by atoms with van der Waals surface area (Å²) in [4.78, 5) is 10.8. The van der Waals surface area contributed by atoms with Gasteiger partial charge in [-0.25, -0.2) is 4.79 Å². The maximum Gasteiger partial charge on any atom is 0.315 e. The van der Waals surface area contributed by atoms with Gasteiger partial charge in [0.05, 0.1) is 13.1 Å². The fourth-order valence-electron chi connectivity index (χ4n) is 1.34. The molecule has 0 radical (unpaired) electrons. The van der Waals surface area contributed by atoms with Crippen LogP contribution in [0.5, 0.6) is 5.75 Å². The number of nitrogens with one attached hydrogen (secondary N) is 2. The Balaban J connectivity index is 1.91. The van der Waals surface area contributed by atoms with Crippen LogP contribution < -0.4 is 15.4 Å². The normalized spacial score (nSPS) is 16.7.